The van der Waals surface area contributed by atoms with Gasteiger partial charge in [-0.3, -0.25) is 9.59 Å². The number of rotatable bonds is 9. The van der Waals surface area contributed by atoms with Crippen LogP contribution in [0.15, 0.2) is 30.3 Å². The summed E-state index contributed by atoms with van der Waals surface area (Å²) in [5.41, 5.74) is 6.23. The van der Waals surface area contributed by atoms with Gasteiger partial charge in [-0.05, 0) is 44.3 Å². The van der Waals surface area contributed by atoms with Gasteiger partial charge in [-0.15, -0.1) is 0 Å². The number of nitrogens with two attached hydrogens (primary N) is 1. The van der Waals surface area contributed by atoms with Crippen molar-refractivity contribution in [2.24, 2.45) is 11.1 Å². The Balaban J connectivity index is 0.000000389. The summed E-state index contributed by atoms with van der Waals surface area (Å²) in [4.78, 5) is 36.9. The summed E-state index contributed by atoms with van der Waals surface area (Å²) < 4.78 is 0. The van der Waals surface area contributed by atoms with Crippen molar-refractivity contribution in [2.45, 2.75) is 58.2 Å². The van der Waals surface area contributed by atoms with E-state index in [0.717, 1.165) is 37.8 Å². The molecule has 8 nitrogen and oxygen atoms in total. The van der Waals surface area contributed by atoms with Crippen LogP contribution in [-0.4, -0.2) is 74.9 Å². The molecule has 0 spiro atoms. The molecule has 2 amide bonds. The van der Waals surface area contributed by atoms with Gasteiger partial charge < -0.3 is 31.4 Å². The number of nitrogens with one attached hydrogen (secondary N) is 3. The fourth-order valence-corrected chi connectivity index (χ4v) is 3.70. The van der Waals surface area contributed by atoms with E-state index in [4.69, 9.17) is 5.73 Å². The Kier molecular flexibility index (Phi) is 12.1. The Labute approximate surface area is 192 Å². The van der Waals surface area contributed by atoms with Gasteiger partial charge in [0.1, 0.15) is 12.3 Å². The summed E-state index contributed by atoms with van der Waals surface area (Å²) in [5, 5.41) is 8.84. The predicted molar refractivity (Wildman–Crippen MR) is 128 cm³/mol. The number of benzene rings is 1. The number of carbonyl (C=O) groups excluding carboxylic acids is 3. The molecule has 5 N–H and O–H groups in total. The van der Waals surface area contributed by atoms with Gasteiger partial charge in [-0.25, -0.2) is 0 Å². The molecule has 1 fully saturated rings. The van der Waals surface area contributed by atoms with Crippen LogP contribution < -0.4 is 21.7 Å². The number of amides is 2. The van der Waals surface area contributed by atoms with Crippen LogP contribution in [0.3, 0.4) is 0 Å². The van der Waals surface area contributed by atoms with E-state index in [-0.39, 0.29) is 35.9 Å². The van der Waals surface area contributed by atoms with Gasteiger partial charge in [0.05, 0.1) is 12.6 Å². The largest absolute Gasteiger partial charge is 0.343 e. The Morgan fingerprint density at radius 1 is 1.19 bits per heavy atom. The van der Waals surface area contributed by atoms with Crippen molar-refractivity contribution in [2.75, 3.05) is 33.7 Å². The smallest absolute Gasteiger partial charge is 0.245 e. The first-order valence-electron chi connectivity index (χ1n) is 11.3. The monoisotopic (exact) mass is 447 g/mol. The number of aldehydes is 1. The van der Waals surface area contributed by atoms with Crippen molar-refractivity contribution >= 4 is 18.1 Å². The molecule has 0 aromatic heterocycles. The predicted octanol–water partition coefficient (Wildman–Crippen LogP) is 0.702. The lowest BCUT2D eigenvalue weighted by atomic mass is 9.85. The third-order valence-corrected chi connectivity index (χ3v) is 5.34. The number of hydrogen-bond acceptors (Lipinski definition) is 6. The molecule has 2 rings (SSSR count). The summed E-state index contributed by atoms with van der Waals surface area (Å²) in [6.45, 7) is 7.75. The van der Waals surface area contributed by atoms with E-state index in [2.05, 4.69) is 16.0 Å². The van der Waals surface area contributed by atoms with Crippen LogP contribution in [0, 0.1) is 5.41 Å². The number of carbonyl (C=O) groups is 3. The number of likely N-dealkylation sites (N-methyl/N-ethyl adjacent to an activating group) is 2. The SMILES string of the molecule is CNCC(=O)NC(C(=O)N1CCCC1CNC)C(C)(C)C.NC(C=O)Cc1ccccc1. The van der Waals surface area contributed by atoms with Gasteiger partial charge in [0.2, 0.25) is 11.8 Å². The molecule has 0 bridgehead atoms. The Morgan fingerprint density at radius 3 is 2.38 bits per heavy atom. The lowest BCUT2D eigenvalue weighted by Gasteiger charge is -2.35. The summed E-state index contributed by atoms with van der Waals surface area (Å²) in [6, 6.07) is 9.12. The summed E-state index contributed by atoms with van der Waals surface area (Å²) in [6.07, 6.45) is 3.45. The highest BCUT2D eigenvalue weighted by molar-refractivity contribution is 5.89. The van der Waals surface area contributed by atoms with Crippen molar-refractivity contribution in [1.82, 2.24) is 20.9 Å². The lowest BCUT2D eigenvalue weighted by molar-refractivity contribution is -0.140. The van der Waals surface area contributed by atoms with Crippen molar-refractivity contribution in [3.8, 4) is 0 Å². The van der Waals surface area contributed by atoms with E-state index < -0.39 is 6.04 Å². The zero-order chi connectivity index (χ0) is 24.1. The third kappa shape index (κ3) is 9.46. The Morgan fingerprint density at radius 2 is 1.84 bits per heavy atom. The second-order valence-electron chi connectivity index (χ2n) is 9.27. The average Bonchev–Trinajstić information content (AvgIpc) is 3.21. The van der Waals surface area contributed by atoms with E-state index in [1.54, 1.807) is 7.05 Å². The molecule has 3 unspecified atom stereocenters. The second kappa shape index (κ2) is 14.0. The Hall–Kier alpha value is -2.29. The van der Waals surface area contributed by atoms with E-state index in [1.165, 1.54) is 0 Å². The summed E-state index contributed by atoms with van der Waals surface area (Å²) >= 11 is 0. The number of likely N-dealkylation sites (tertiary alicyclic amines) is 1. The zero-order valence-corrected chi connectivity index (χ0v) is 20.2. The van der Waals surface area contributed by atoms with Crippen LogP contribution in [0.1, 0.15) is 39.2 Å². The first kappa shape index (κ1) is 27.7. The first-order valence-corrected chi connectivity index (χ1v) is 11.3. The minimum Gasteiger partial charge on any atom is -0.343 e. The van der Waals surface area contributed by atoms with Gasteiger partial charge >= 0.3 is 0 Å². The third-order valence-electron chi connectivity index (χ3n) is 5.34. The summed E-state index contributed by atoms with van der Waals surface area (Å²) in [7, 11) is 3.62. The molecule has 1 aromatic carbocycles. The fourth-order valence-electron chi connectivity index (χ4n) is 3.70. The van der Waals surface area contributed by atoms with Crippen LogP contribution in [0.25, 0.3) is 0 Å². The highest BCUT2D eigenvalue weighted by atomic mass is 16.2. The number of nitrogens with zero attached hydrogens (tertiary/aromatic N) is 1. The molecule has 0 saturated carbocycles. The molecule has 1 heterocycles. The molecular formula is C24H41N5O3. The average molecular weight is 448 g/mol. The van der Waals surface area contributed by atoms with Crippen molar-refractivity contribution in [3.05, 3.63) is 35.9 Å². The van der Waals surface area contributed by atoms with Gasteiger partial charge in [-0.2, -0.15) is 0 Å². The highest BCUT2D eigenvalue weighted by Crippen LogP contribution is 2.25. The second-order valence-corrected chi connectivity index (χ2v) is 9.27. The van der Waals surface area contributed by atoms with Crippen molar-refractivity contribution in [3.63, 3.8) is 0 Å². The summed E-state index contributed by atoms with van der Waals surface area (Å²) in [5.74, 6) is -0.111. The maximum atomic E-state index is 12.9. The molecule has 32 heavy (non-hydrogen) atoms. The quantitative estimate of drug-likeness (QED) is 0.414. The molecule has 3 atom stereocenters. The maximum absolute atomic E-state index is 12.9. The lowest BCUT2D eigenvalue weighted by Crippen LogP contribution is -2.57. The standard InChI is InChI=1S/C15H30N4O2.C9H11NO/c1-15(2,3)13(18-12(20)10-17-5)14(21)19-8-6-7-11(19)9-16-4;10-9(7-11)6-8-4-2-1-3-5-8/h11,13,16-17H,6-10H2,1-5H3,(H,18,20);1-5,7,9H,6,10H2. The van der Waals surface area contributed by atoms with E-state index in [9.17, 15) is 14.4 Å². The molecule has 1 saturated heterocycles. The van der Waals surface area contributed by atoms with Gasteiger partial charge in [0.25, 0.3) is 0 Å². The van der Waals surface area contributed by atoms with E-state index >= 15 is 0 Å². The molecule has 1 aliphatic heterocycles. The molecule has 1 aliphatic rings. The topological polar surface area (TPSA) is 117 Å². The zero-order valence-electron chi connectivity index (χ0n) is 20.2. The first-order chi connectivity index (χ1) is 15.1. The number of hydrogen-bond donors (Lipinski definition) is 4. The highest BCUT2D eigenvalue weighted by Gasteiger charge is 2.39. The van der Waals surface area contributed by atoms with Crippen molar-refractivity contribution < 1.29 is 14.4 Å². The molecule has 0 radical (unpaired) electrons. The normalized spacial score (nSPS) is 17.7. The molecule has 1 aromatic rings. The molecular weight excluding hydrogens is 406 g/mol. The van der Waals surface area contributed by atoms with Gasteiger partial charge in [0, 0.05) is 19.1 Å². The minimum atomic E-state index is -0.490. The van der Waals surface area contributed by atoms with Crippen LogP contribution >= 0.6 is 0 Å². The minimum absolute atomic E-state index is 0.0321. The Bertz CT molecular complexity index is 705. The van der Waals surface area contributed by atoms with Crippen LogP contribution in [0.5, 0.6) is 0 Å². The van der Waals surface area contributed by atoms with Crippen LogP contribution in [0.2, 0.25) is 0 Å². The molecule has 8 heteroatoms. The molecule has 0 aliphatic carbocycles. The van der Waals surface area contributed by atoms with E-state index in [0.29, 0.717) is 6.42 Å². The van der Waals surface area contributed by atoms with Gasteiger partial charge in [0.15, 0.2) is 0 Å². The van der Waals surface area contributed by atoms with Crippen molar-refractivity contribution in [1.29, 1.82) is 0 Å². The van der Waals surface area contributed by atoms with Gasteiger partial charge in [-0.1, -0.05) is 51.1 Å². The molecule has 180 valence electrons. The van der Waals surface area contributed by atoms with Crippen LogP contribution in [-0.2, 0) is 20.8 Å². The fraction of sp³-hybridized carbons (Fsp3) is 0.625. The maximum Gasteiger partial charge on any atom is 0.245 e. The van der Waals surface area contributed by atoms with E-state index in [1.807, 2.05) is 63.1 Å². The van der Waals surface area contributed by atoms with Crippen LogP contribution in [0.4, 0.5) is 0 Å².